The van der Waals surface area contributed by atoms with Crippen molar-refractivity contribution in [2.45, 2.75) is 62.2 Å². The zero-order chi connectivity index (χ0) is 24.7. The number of hydrogen-bond acceptors (Lipinski definition) is 6. The van der Waals surface area contributed by atoms with E-state index in [4.69, 9.17) is 9.72 Å². The number of nitrogens with zero attached hydrogens (tertiary/aromatic N) is 2. The second-order valence-electron chi connectivity index (χ2n) is 9.61. The molecular weight excluding hydrogens is 452 g/mol. The first-order chi connectivity index (χ1) is 16.0. The van der Waals surface area contributed by atoms with Gasteiger partial charge in [-0.15, -0.1) is 0 Å². The van der Waals surface area contributed by atoms with E-state index in [9.17, 15) is 18.0 Å². The van der Waals surface area contributed by atoms with E-state index < -0.39 is 32.3 Å². The fraction of sp³-hybridized carbons (Fsp3) is 0.346. The summed E-state index contributed by atoms with van der Waals surface area (Å²) >= 11 is 0. The molecule has 178 valence electrons. The lowest BCUT2D eigenvalue weighted by Crippen LogP contribution is -2.41. The topological polar surface area (TPSA) is 95.3 Å². The number of hydrogen-bond donors (Lipinski definition) is 0. The molecule has 8 heteroatoms. The largest absolute Gasteiger partial charge is 0.443 e. The molecule has 0 N–H and O–H groups in total. The number of carbonyl (C=O) groups is 1. The number of fused-ring (bicyclic) bond motifs is 1. The van der Waals surface area contributed by atoms with Crippen LogP contribution in [0, 0.1) is 0 Å². The predicted octanol–water partition coefficient (Wildman–Crippen LogP) is 4.59. The third kappa shape index (κ3) is 4.55. The fourth-order valence-electron chi connectivity index (χ4n) is 4.29. The summed E-state index contributed by atoms with van der Waals surface area (Å²) in [4.78, 5) is 31.8. The minimum Gasteiger partial charge on any atom is -0.443 e. The van der Waals surface area contributed by atoms with Gasteiger partial charge in [-0.25, -0.2) is 18.2 Å². The fourth-order valence-corrected chi connectivity index (χ4v) is 6.14. The number of carbonyl (C=O) groups excluding carboxylic acids is 1. The maximum absolute atomic E-state index is 13.7. The lowest BCUT2D eigenvalue weighted by atomic mass is 9.88. The Bertz CT molecular complexity index is 1370. The van der Waals surface area contributed by atoms with Crippen LogP contribution in [0.1, 0.15) is 51.3 Å². The van der Waals surface area contributed by atoms with E-state index in [2.05, 4.69) is 0 Å². The molecule has 0 unspecified atom stereocenters. The molecule has 2 aromatic carbocycles. The highest BCUT2D eigenvalue weighted by Crippen LogP contribution is 2.35. The van der Waals surface area contributed by atoms with Crippen LogP contribution in [0.5, 0.6) is 0 Å². The van der Waals surface area contributed by atoms with Crippen LogP contribution in [-0.2, 0) is 21.0 Å². The van der Waals surface area contributed by atoms with Crippen LogP contribution >= 0.6 is 0 Å². The van der Waals surface area contributed by atoms with Crippen molar-refractivity contribution in [1.82, 2.24) is 9.55 Å². The predicted molar refractivity (Wildman–Crippen MR) is 130 cm³/mol. The SMILES string of the molecule is C[C@@H]1C[C@@H](S(=O)(=O)c2ccccc2)Cc2c1nc(-c1ccccc1)n(C(=O)OC(C)(C)C)c2=O. The number of rotatable bonds is 3. The van der Waals surface area contributed by atoms with E-state index in [0.29, 0.717) is 17.7 Å². The Kier molecular flexibility index (Phi) is 6.20. The maximum atomic E-state index is 13.7. The molecule has 1 aliphatic carbocycles. The quantitative estimate of drug-likeness (QED) is 0.544. The van der Waals surface area contributed by atoms with Gasteiger partial charge in [0.25, 0.3) is 5.56 Å². The first kappa shape index (κ1) is 23.9. The van der Waals surface area contributed by atoms with Crippen molar-refractivity contribution in [1.29, 1.82) is 0 Å². The first-order valence-electron chi connectivity index (χ1n) is 11.2. The van der Waals surface area contributed by atoms with Crippen molar-refractivity contribution in [2.75, 3.05) is 0 Å². The smallest absolute Gasteiger partial charge is 0.423 e. The van der Waals surface area contributed by atoms with Crippen molar-refractivity contribution in [3.8, 4) is 11.4 Å². The molecule has 1 aliphatic rings. The molecule has 34 heavy (non-hydrogen) atoms. The number of ether oxygens (including phenoxy) is 1. The minimum atomic E-state index is -3.67. The average molecular weight is 481 g/mol. The van der Waals surface area contributed by atoms with E-state index in [-0.39, 0.29) is 28.6 Å². The maximum Gasteiger partial charge on any atom is 0.423 e. The molecule has 1 heterocycles. The molecule has 4 rings (SSSR count). The highest BCUT2D eigenvalue weighted by atomic mass is 32.2. The molecule has 0 amide bonds. The molecule has 0 saturated heterocycles. The van der Waals surface area contributed by atoms with E-state index >= 15 is 0 Å². The molecule has 0 bridgehead atoms. The molecule has 2 atom stereocenters. The van der Waals surface area contributed by atoms with Crippen LogP contribution in [0.15, 0.2) is 70.4 Å². The van der Waals surface area contributed by atoms with Gasteiger partial charge in [0.2, 0.25) is 0 Å². The normalized spacial score (nSPS) is 18.2. The summed E-state index contributed by atoms with van der Waals surface area (Å²) in [6.07, 6.45) is -0.519. The Balaban J connectivity index is 1.88. The van der Waals surface area contributed by atoms with Crippen LogP contribution in [0.4, 0.5) is 4.79 Å². The van der Waals surface area contributed by atoms with Crippen molar-refractivity contribution in [2.24, 2.45) is 0 Å². The van der Waals surface area contributed by atoms with Gasteiger partial charge < -0.3 is 4.74 Å². The Hall–Kier alpha value is -3.26. The highest BCUT2D eigenvalue weighted by molar-refractivity contribution is 7.92. The number of sulfone groups is 1. The Morgan fingerprint density at radius 2 is 1.62 bits per heavy atom. The van der Waals surface area contributed by atoms with Crippen molar-refractivity contribution in [3.05, 3.63) is 82.3 Å². The van der Waals surface area contributed by atoms with E-state index in [1.54, 1.807) is 75.4 Å². The Labute approximate surface area is 199 Å². The molecule has 3 aromatic rings. The minimum absolute atomic E-state index is 0.0133. The molecule has 7 nitrogen and oxygen atoms in total. The van der Waals surface area contributed by atoms with Crippen LogP contribution in [-0.4, -0.2) is 34.9 Å². The Morgan fingerprint density at radius 3 is 2.21 bits per heavy atom. The van der Waals surface area contributed by atoms with Gasteiger partial charge in [-0.2, -0.15) is 4.57 Å². The third-order valence-electron chi connectivity index (χ3n) is 5.84. The van der Waals surface area contributed by atoms with Gasteiger partial charge in [-0.3, -0.25) is 4.79 Å². The third-order valence-corrected chi connectivity index (χ3v) is 8.01. The standard InChI is InChI=1S/C26H28N2O5S/c1-17-15-20(34(31,32)19-13-9-6-10-14-19)16-21-22(17)27-23(18-11-7-5-8-12-18)28(24(21)29)25(30)33-26(2,3)4/h5-14,17,20H,15-16H2,1-4H3/t17-,20-/m1/s1. The van der Waals surface area contributed by atoms with Crippen LogP contribution < -0.4 is 5.56 Å². The van der Waals surface area contributed by atoms with Crippen LogP contribution in [0.2, 0.25) is 0 Å². The molecule has 0 fully saturated rings. The second kappa shape index (κ2) is 8.83. The van der Waals surface area contributed by atoms with Crippen molar-refractivity contribution < 1.29 is 17.9 Å². The molecule has 0 saturated carbocycles. The summed E-state index contributed by atoms with van der Waals surface area (Å²) in [5, 5.41) is -0.790. The van der Waals surface area contributed by atoms with Gasteiger partial charge in [0.15, 0.2) is 15.7 Å². The van der Waals surface area contributed by atoms with Gasteiger partial charge in [0, 0.05) is 17.0 Å². The monoisotopic (exact) mass is 480 g/mol. The number of aromatic nitrogens is 2. The summed E-state index contributed by atoms with van der Waals surface area (Å²) in [5.41, 5.74) is -0.0401. The zero-order valence-corrected chi connectivity index (χ0v) is 20.5. The molecular formula is C26H28N2O5S. The zero-order valence-electron chi connectivity index (χ0n) is 19.7. The van der Waals surface area contributed by atoms with E-state index in [1.807, 2.05) is 13.0 Å². The second-order valence-corrected chi connectivity index (χ2v) is 11.8. The summed E-state index contributed by atoms with van der Waals surface area (Å²) < 4.78 is 33.1. The van der Waals surface area contributed by atoms with Gasteiger partial charge in [0.1, 0.15) is 5.60 Å². The van der Waals surface area contributed by atoms with Crippen molar-refractivity contribution in [3.63, 3.8) is 0 Å². The number of benzene rings is 2. The molecule has 1 aromatic heterocycles. The lowest BCUT2D eigenvalue weighted by molar-refractivity contribution is 0.0531. The summed E-state index contributed by atoms with van der Waals surface area (Å²) in [5.74, 6) is -0.0921. The molecule has 0 aliphatic heterocycles. The summed E-state index contributed by atoms with van der Waals surface area (Å²) in [6.45, 7) is 7.02. The Morgan fingerprint density at radius 1 is 1.03 bits per heavy atom. The van der Waals surface area contributed by atoms with Gasteiger partial charge in [-0.05, 0) is 45.7 Å². The van der Waals surface area contributed by atoms with E-state index in [0.717, 1.165) is 4.57 Å². The van der Waals surface area contributed by atoms with Crippen molar-refractivity contribution >= 4 is 15.9 Å². The highest BCUT2D eigenvalue weighted by Gasteiger charge is 2.38. The average Bonchev–Trinajstić information content (AvgIpc) is 2.79. The lowest BCUT2D eigenvalue weighted by Gasteiger charge is -2.29. The van der Waals surface area contributed by atoms with Crippen LogP contribution in [0.25, 0.3) is 11.4 Å². The summed E-state index contributed by atoms with van der Waals surface area (Å²) in [7, 11) is -3.67. The van der Waals surface area contributed by atoms with Gasteiger partial charge in [-0.1, -0.05) is 55.5 Å². The summed E-state index contributed by atoms with van der Waals surface area (Å²) in [6, 6.07) is 17.2. The van der Waals surface area contributed by atoms with E-state index in [1.165, 1.54) is 0 Å². The molecule has 0 radical (unpaired) electrons. The van der Waals surface area contributed by atoms with Gasteiger partial charge >= 0.3 is 6.09 Å². The van der Waals surface area contributed by atoms with Crippen LogP contribution in [0.3, 0.4) is 0 Å². The van der Waals surface area contributed by atoms with Gasteiger partial charge in [0.05, 0.1) is 15.8 Å². The molecule has 0 spiro atoms. The first-order valence-corrected chi connectivity index (χ1v) is 12.8.